The Morgan fingerprint density at radius 1 is 1.39 bits per heavy atom. The van der Waals surface area contributed by atoms with Gasteiger partial charge in [0.2, 0.25) is 5.91 Å². The number of nitrogens with one attached hydrogen (secondary N) is 3. The third kappa shape index (κ3) is 4.70. The van der Waals surface area contributed by atoms with E-state index in [1.54, 1.807) is 7.05 Å². The maximum atomic E-state index is 12.0. The van der Waals surface area contributed by atoms with Crippen molar-refractivity contribution in [2.45, 2.75) is 11.2 Å². The molecule has 1 atom stereocenters. The molecule has 0 unspecified atom stereocenters. The molecule has 0 saturated heterocycles. The van der Waals surface area contributed by atoms with Crippen molar-refractivity contribution in [3.8, 4) is 0 Å². The van der Waals surface area contributed by atoms with Gasteiger partial charge in [-0.15, -0.1) is 5.10 Å². The quantitative estimate of drug-likeness (QED) is 0.578. The molecule has 1 aromatic heterocycles. The second kappa shape index (κ2) is 7.98. The van der Waals surface area contributed by atoms with E-state index in [2.05, 4.69) is 41.7 Å². The Morgan fingerprint density at radius 2 is 2.09 bits per heavy atom. The number of nitrogens with zero attached hydrogens (tertiary/aromatic N) is 2. The van der Waals surface area contributed by atoms with E-state index in [9.17, 15) is 9.59 Å². The molecule has 124 valence electrons. The first-order chi connectivity index (χ1) is 11.0. The van der Waals surface area contributed by atoms with Crippen LogP contribution in [-0.4, -0.2) is 47.1 Å². The minimum atomic E-state index is -0.284. The largest absolute Gasteiger partial charge is 0.349 e. The molecule has 2 aromatic rings. The van der Waals surface area contributed by atoms with E-state index in [4.69, 9.17) is 0 Å². The van der Waals surface area contributed by atoms with Crippen LogP contribution in [0.25, 0.3) is 0 Å². The number of likely N-dealkylation sites (N-methyl/N-ethyl adjacent to an activating group) is 1. The summed E-state index contributed by atoms with van der Waals surface area (Å²) in [5.74, 6) is 0.148. The predicted molar refractivity (Wildman–Crippen MR) is 89.6 cm³/mol. The molecule has 0 bridgehead atoms. The highest BCUT2D eigenvalue weighted by Crippen LogP contribution is 2.11. The molecule has 0 spiro atoms. The number of benzene rings is 1. The first-order valence-corrected chi connectivity index (χ1v) is 8.33. The highest BCUT2D eigenvalue weighted by molar-refractivity contribution is 7.99. The number of carbonyl (C=O) groups excluding carboxylic acids is 1. The Balaban J connectivity index is 1.87. The maximum absolute atomic E-state index is 12.0. The molecule has 1 aromatic carbocycles. The van der Waals surface area contributed by atoms with Crippen LogP contribution in [0.4, 0.5) is 0 Å². The van der Waals surface area contributed by atoms with E-state index in [1.807, 2.05) is 18.2 Å². The van der Waals surface area contributed by atoms with Crippen LogP contribution in [0.15, 0.2) is 40.3 Å². The standard InChI is InChI=1S/C15H21N5O2S/c1-19(2)12(11-7-5-4-6-8-11)9-16-13(21)10-23-15-18-17-14(22)20(15)3/h4-8,12H,9-10H2,1-3H3,(H,16,21)(H,17,22)/p+1/t12-/m0/s1. The fourth-order valence-electron chi connectivity index (χ4n) is 2.20. The average Bonchev–Trinajstić information content (AvgIpc) is 2.85. The van der Waals surface area contributed by atoms with E-state index in [0.29, 0.717) is 11.7 Å². The number of aromatic amines is 1. The van der Waals surface area contributed by atoms with Gasteiger partial charge in [0.1, 0.15) is 6.04 Å². The second-order valence-electron chi connectivity index (χ2n) is 5.50. The fraction of sp³-hybridized carbons (Fsp3) is 0.400. The number of hydrogen-bond acceptors (Lipinski definition) is 4. The molecule has 0 aliphatic carbocycles. The van der Waals surface area contributed by atoms with Gasteiger partial charge in [0.15, 0.2) is 5.16 Å². The minimum Gasteiger partial charge on any atom is -0.349 e. The van der Waals surface area contributed by atoms with E-state index >= 15 is 0 Å². The average molecular weight is 336 g/mol. The van der Waals surface area contributed by atoms with Crippen molar-refractivity contribution in [3.63, 3.8) is 0 Å². The Bertz CT molecular complexity index is 695. The number of H-pyrrole nitrogens is 1. The summed E-state index contributed by atoms with van der Waals surface area (Å²) in [7, 11) is 5.75. The summed E-state index contributed by atoms with van der Waals surface area (Å²) in [6.07, 6.45) is 0. The highest BCUT2D eigenvalue weighted by atomic mass is 32.2. The maximum Gasteiger partial charge on any atom is 0.343 e. The molecular formula is C15H22N5O2S+. The zero-order chi connectivity index (χ0) is 16.8. The van der Waals surface area contributed by atoms with Crippen LogP contribution in [0, 0.1) is 0 Å². The summed E-state index contributed by atoms with van der Waals surface area (Å²) in [4.78, 5) is 24.5. The second-order valence-corrected chi connectivity index (χ2v) is 6.45. The van der Waals surface area contributed by atoms with Crippen molar-refractivity contribution in [2.75, 3.05) is 26.4 Å². The van der Waals surface area contributed by atoms with Gasteiger partial charge in [-0.2, -0.15) is 0 Å². The number of hydrogen-bond donors (Lipinski definition) is 3. The van der Waals surface area contributed by atoms with Crippen molar-refractivity contribution < 1.29 is 9.69 Å². The molecule has 1 heterocycles. The Kier molecular flexibility index (Phi) is 6.00. The predicted octanol–water partition coefficient (Wildman–Crippen LogP) is -0.797. The number of amides is 1. The van der Waals surface area contributed by atoms with Gasteiger partial charge >= 0.3 is 5.69 Å². The Hall–Kier alpha value is -2.06. The highest BCUT2D eigenvalue weighted by Gasteiger charge is 2.18. The lowest BCUT2D eigenvalue weighted by atomic mass is 10.1. The summed E-state index contributed by atoms with van der Waals surface area (Å²) in [5, 5.41) is 9.67. The zero-order valence-electron chi connectivity index (χ0n) is 13.5. The van der Waals surface area contributed by atoms with Gasteiger partial charge in [-0.3, -0.25) is 9.36 Å². The van der Waals surface area contributed by atoms with Gasteiger partial charge < -0.3 is 10.2 Å². The summed E-state index contributed by atoms with van der Waals surface area (Å²) in [6, 6.07) is 10.3. The minimum absolute atomic E-state index is 0.0763. The molecule has 0 fully saturated rings. The van der Waals surface area contributed by atoms with Gasteiger partial charge in [-0.25, -0.2) is 9.89 Å². The van der Waals surface area contributed by atoms with E-state index in [0.717, 1.165) is 0 Å². The Labute approximate surface area is 139 Å². The van der Waals surface area contributed by atoms with Gasteiger partial charge in [-0.05, 0) is 0 Å². The van der Waals surface area contributed by atoms with Gasteiger partial charge in [0.05, 0.1) is 26.4 Å². The lowest BCUT2D eigenvalue weighted by Gasteiger charge is -2.22. The molecule has 8 heteroatoms. The number of quaternary nitrogens is 1. The summed E-state index contributed by atoms with van der Waals surface area (Å²) >= 11 is 1.23. The smallest absolute Gasteiger partial charge is 0.343 e. The van der Waals surface area contributed by atoms with Crippen LogP contribution in [0.1, 0.15) is 11.6 Å². The van der Waals surface area contributed by atoms with Gasteiger partial charge in [0, 0.05) is 12.6 Å². The number of rotatable bonds is 7. The zero-order valence-corrected chi connectivity index (χ0v) is 14.3. The lowest BCUT2D eigenvalue weighted by Crippen LogP contribution is -3.07. The lowest BCUT2D eigenvalue weighted by molar-refractivity contribution is -0.890. The van der Waals surface area contributed by atoms with Crippen molar-refractivity contribution in [2.24, 2.45) is 7.05 Å². The van der Waals surface area contributed by atoms with Gasteiger partial charge in [0.25, 0.3) is 0 Å². The van der Waals surface area contributed by atoms with E-state index in [-0.39, 0.29) is 23.4 Å². The van der Waals surface area contributed by atoms with Crippen molar-refractivity contribution in [3.05, 3.63) is 46.4 Å². The monoisotopic (exact) mass is 336 g/mol. The summed E-state index contributed by atoms with van der Waals surface area (Å²) < 4.78 is 1.38. The molecule has 2 rings (SSSR count). The summed E-state index contributed by atoms with van der Waals surface area (Å²) in [6.45, 7) is 0.561. The van der Waals surface area contributed by atoms with E-state index < -0.39 is 0 Å². The summed E-state index contributed by atoms with van der Waals surface area (Å²) in [5.41, 5.74) is 0.906. The normalized spacial score (nSPS) is 12.3. The topological polar surface area (TPSA) is 84.2 Å². The Morgan fingerprint density at radius 3 is 2.65 bits per heavy atom. The third-order valence-corrected chi connectivity index (χ3v) is 4.60. The third-order valence-electron chi connectivity index (χ3n) is 3.57. The first-order valence-electron chi connectivity index (χ1n) is 7.35. The van der Waals surface area contributed by atoms with Crippen molar-refractivity contribution in [1.29, 1.82) is 0 Å². The molecule has 0 radical (unpaired) electrons. The number of aromatic nitrogens is 3. The first kappa shape index (κ1) is 17.3. The van der Waals surface area contributed by atoms with Crippen molar-refractivity contribution >= 4 is 17.7 Å². The number of thioether (sulfide) groups is 1. The molecule has 23 heavy (non-hydrogen) atoms. The molecule has 0 saturated carbocycles. The fourth-order valence-corrected chi connectivity index (χ4v) is 2.95. The molecule has 0 aliphatic heterocycles. The van der Waals surface area contributed by atoms with E-state index in [1.165, 1.54) is 26.8 Å². The SMILES string of the molecule is Cn1c(SCC(=O)NC[C@@H](c2ccccc2)[NH+](C)C)n[nH]c1=O. The number of carbonyl (C=O) groups is 1. The van der Waals surface area contributed by atoms with Crippen LogP contribution >= 0.6 is 11.8 Å². The molecule has 7 nitrogen and oxygen atoms in total. The molecule has 1 amide bonds. The van der Waals surface area contributed by atoms with Crippen LogP contribution in [0.3, 0.4) is 0 Å². The van der Waals surface area contributed by atoms with Crippen LogP contribution in [-0.2, 0) is 11.8 Å². The van der Waals surface area contributed by atoms with Crippen LogP contribution in [0.2, 0.25) is 0 Å². The molecular weight excluding hydrogens is 314 g/mol. The molecule has 3 N–H and O–H groups in total. The van der Waals surface area contributed by atoms with Crippen LogP contribution < -0.4 is 15.9 Å². The molecule has 0 aliphatic rings. The van der Waals surface area contributed by atoms with Crippen LogP contribution in [0.5, 0.6) is 0 Å². The van der Waals surface area contributed by atoms with Gasteiger partial charge in [-0.1, -0.05) is 42.1 Å². The van der Waals surface area contributed by atoms with Crippen molar-refractivity contribution in [1.82, 2.24) is 20.1 Å².